The number of anilines is 1. The molecule has 0 fully saturated rings. The Morgan fingerprint density at radius 2 is 2.15 bits per heavy atom. The van der Waals surface area contributed by atoms with E-state index in [0.29, 0.717) is 10.7 Å². The Morgan fingerprint density at radius 1 is 1.25 bits per heavy atom. The quantitative estimate of drug-likeness (QED) is 0.835. The van der Waals surface area contributed by atoms with Crippen molar-refractivity contribution in [2.24, 2.45) is 0 Å². The normalized spacial score (nSPS) is 13.7. The highest BCUT2D eigenvalue weighted by Crippen LogP contribution is 2.19. The smallest absolute Gasteiger partial charge is 0.257 e. The molecule has 0 radical (unpaired) electrons. The van der Waals surface area contributed by atoms with Gasteiger partial charge in [0.05, 0.1) is 5.56 Å². The van der Waals surface area contributed by atoms with Gasteiger partial charge in [-0.05, 0) is 48.4 Å². The minimum Gasteiger partial charge on any atom is -0.322 e. The number of fused-ring (bicyclic) bond motifs is 1. The lowest BCUT2D eigenvalue weighted by Crippen LogP contribution is -2.23. The molecule has 3 rings (SSSR count). The molecule has 0 unspecified atom stereocenters. The second-order valence-electron chi connectivity index (χ2n) is 4.73. The van der Waals surface area contributed by atoms with Gasteiger partial charge in [-0.2, -0.15) is 0 Å². The summed E-state index contributed by atoms with van der Waals surface area (Å²) in [5.74, 6) is -0.183. The number of amides is 1. The second kappa shape index (κ2) is 5.61. The summed E-state index contributed by atoms with van der Waals surface area (Å²) in [5.41, 5.74) is 3.87. The van der Waals surface area contributed by atoms with Crippen LogP contribution in [0.25, 0.3) is 0 Å². The van der Waals surface area contributed by atoms with Gasteiger partial charge in [-0.25, -0.2) is 4.98 Å². The van der Waals surface area contributed by atoms with Gasteiger partial charge in [-0.3, -0.25) is 4.79 Å². The summed E-state index contributed by atoms with van der Waals surface area (Å²) in [6.07, 6.45) is 2.50. The zero-order chi connectivity index (χ0) is 13.9. The molecule has 4 nitrogen and oxygen atoms in total. The van der Waals surface area contributed by atoms with Crippen LogP contribution >= 0.6 is 11.6 Å². The molecule has 0 bridgehead atoms. The molecule has 2 heterocycles. The molecule has 20 heavy (non-hydrogen) atoms. The van der Waals surface area contributed by atoms with Crippen molar-refractivity contribution in [3.8, 4) is 0 Å². The largest absolute Gasteiger partial charge is 0.322 e. The summed E-state index contributed by atoms with van der Waals surface area (Å²) in [6.45, 7) is 1.86. The molecule has 0 atom stereocenters. The van der Waals surface area contributed by atoms with Crippen LogP contribution < -0.4 is 10.6 Å². The van der Waals surface area contributed by atoms with Gasteiger partial charge in [-0.15, -0.1) is 0 Å². The molecule has 1 aromatic carbocycles. The van der Waals surface area contributed by atoms with Crippen molar-refractivity contribution in [1.29, 1.82) is 0 Å². The Labute approximate surface area is 122 Å². The predicted octanol–water partition coefficient (Wildman–Crippen LogP) is 2.63. The first-order valence-electron chi connectivity index (χ1n) is 6.48. The lowest BCUT2D eigenvalue weighted by atomic mass is 10.0. The van der Waals surface area contributed by atoms with Crippen molar-refractivity contribution in [2.45, 2.75) is 13.0 Å². The predicted molar refractivity (Wildman–Crippen MR) is 79.1 cm³/mol. The molecule has 5 heteroatoms. The van der Waals surface area contributed by atoms with E-state index in [1.807, 2.05) is 12.1 Å². The number of nitrogens with one attached hydrogen (secondary N) is 2. The van der Waals surface area contributed by atoms with E-state index < -0.39 is 0 Å². The van der Waals surface area contributed by atoms with Gasteiger partial charge >= 0.3 is 0 Å². The number of aromatic nitrogens is 1. The Hall–Kier alpha value is -1.91. The third-order valence-corrected chi connectivity index (χ3v) is 3.56. The highest BCUT2D eigenvalue weighted by molar-refractivity contribution is 6.29. The summed E-state index contributed by atoms with van der Waals surface area (Å²) in [7, 11) is 0. The van der Waals surface area contributed by atoms with Gasteiger partial charge in [-0.1, -0.05) is 17.7 Å². The number of carbonyl (C=O) groups excluding carboxylic acids is 1. The first-order valence-corrected chi connectivity index (χ1v) is 6.85. The molecule has 1 aliphatic heterocycles. The molecule has 0 saturated carbocycles. The standard InChI is InChI=1S/C15H14ClN3O/c16-14-4-2-11(9-18-14)15(20)19-13-3-1-10-5-6-17-8-12(10)7-13/h1-4,7,9,17H,5-6,8H2,(H,19,20). The number of halogens is 1. The number of hydrogen-bond donors (Lipinski definition) is 2. The van der Waals surface area contributed by atoms with Gasteiger partial charge in [0, 0.05) is 18.4 Å². The second-order valence-corrected chi connectivity index (χ2v) is 5.12. The molecule has 0 saturated heterocycles. The lowest BCUT2D eigenvalue weighted by molar-refractivity contribution is 0.102. The van der Waals surface area contributed by atoms with Gasteiger partial charge in [0.2, 0.25) is 0 Å². The monoisotopic (exact) mass is 287 g/mol. The minimum absolute atomic E-state index is 0.183. The molecule has 1 aliphatic rings. The van der Waals surface area contributed by atoms with E-state index in [2.05, 4.69) is 21.7 Å². The number of rotatable bonds is 2. The summed E-state index contributed by atoms with van der Waals surface area (Å²) >= 11 is 5.71. The van der Waals surface area contributed by atoms with Crippen molar-refractivity contribution >= 4 is 23.2 Å². The van der Waals surface area contributed by atoms with E-state index in [1.165, 1.54) is 17.3 Å². The summed E-state index contributed by atoms with van der Waals surface area (Å²) in [5, 5.41) is 6.58. The first-order chi connectivity index (χ1) is 9.72. The number of carbonyl (C=O) groups is 1. The molecule has 0 aliphatic carbocycles. The summed E-state index contributed by atoms with van der Waals surface area (Å²) < 4.78 is 0. The lowest BCUT2D eigenvalue weighted by Gasteiger charge is -2.18. The van der Waals surface area contributed by atoms with Crippen molar-refractivity contribution in [2.75, 3.05) is 11.9 Å². The maximum absolute atomic E-state index is 12.1. The van der Waals surface area contributed by atoms with Crippen LogP contribution in [-0.2, 0) is 13.0 Å². The van der Waals surface area contributed by atoms with Crippen LogP contribution in [0.1, 0.15) is 21.5 Å². The van der Waals surface area contributed by atoms with Gasteiger partial charge in [0.1, 0.15) is 5.15 Å². The van der Waals surface area contributed by atoms with E-state index in [0.717, 1.165) is 25.2 Å². The number of pyridine rings is 1. The van der Waals surface area contributed by atoms with Crippen molar-refractivity contribution in [3.05, 3.63) is 58.4 Å². The fourth-order valence-electron chi connectivity index (χ4n) is 2.27. The molecular weight excluding hydrogens is 274 g/mol. The van der Waals surface area contributed by atoms with E-state index in [9.17, 15) is 4.79 Å². The third-order valence-electron chi connectivity index (χ3n) is 3.34. The Morgan fingerprint density at radius 3 is 2.95 bits per heavy atom. The van der Waals surface area contributed by atoms with Crippen LogP contribution in [0.5, 0.6) is 0 Å². The molecule has 0 spiro atoms. The molecule has 1 aromatic heterocycles. The van der Waals surface area contributed by atoms with E-state index in [4.69, 9.17) is 11.6 Å². The Kier molecular flexibility index (Phi) is 3.67. The van der Waals surface area contributed by atoms with E-state index >= 15 is 0 Å². The number of benzene rings is 1. The van der Waals surface area contributed by atoms with Crippen LogP contribution in [-0.4, -0.2) is 17.4 Å². The van der Waals surface area contributed by atoms with Crippen molar-refractivity contribution < 1.29 is 4.79 Å². The maximum atomic E-state index is 12.1. The molecule has 2 aromatic rings. The zero-order valence-electron chi connectivity index (χ0n) is 10.8. The number of hydrogen-bond acceptors (Lipinski definition) is 3. The summed E-state index contributed by atoms with van der Waals surface area (Å²) in [6, 6.07) is 9.29. The first kappa shape index (κ1) is 13.1. The van der Waals surface area contributed by atoms with Crippen LogP contribution in [0, 0.1) is 0 Å². The molecule has 2 N–H and O–H groups in total. The average Bonchev–Trinajstić information content (AvgIpc) is 2.48. The highest BCUT2D eigenvalue weighted by Gasteiger charge is 2.11. The van der Waals surface area contributed by atoms with Gasteiger partial charge in [0.25, 0.3) is 5.91 Å². The van der Waals surface area contributed by atoms with Crippen LogP contribution in [0.4, 0.5) is 5.69 Å². The third kappa shape index (κ3) is 2.81. The molecule has 102 valence electrons. The van der Waals surface area contributed by atoms with Crippen molar-refractivity contribution in [3.63, 3.8) is 0 Å². The molecular formula is C15H14ClN3O. The van der Waals surface area contributed by atoms with Crippen LogP contribution in [0.15, 0.2) is 36.5 Å². The number of nitrogens with zero attached hydrogens (tertiary/aromatic N) is 1. The topological polar surface area (TPSA) is 54.0 Å². The maximum Gasteiger partial charge on any atom is 0.257 e. The fourth-order valence-corrected chi connectivity index (χ4v) is 2.38. The Balaban J connectivity index is 1.77. The van der Waals surface area contributed by atoms with Crippen LogP contribution in [0.2, 0.25) is 5.15 Å². The SMILES string of the molecule is O=C(Nc1ccc2c(c1)CNCC2)c1ccc(Cl)nc1. The van der Waals surface area contributed by atoms with Crippen LogP contribution in [0.3, 0.4) is 0 Å². The Bertz CT molecular complexity index is 640. The van der Waals surface area contributed by atoms with Gasteiger partial charge in [0.15, 0.2) is 0 Å². The van der Waals surface area contributed by atoms with E-state index in [1.54, 1.807) is 12.1 Å². The highest BCUT2D eigenvalue weighted by atomic mass is 35.5. The van der Waals surface area contributed by atoms with E-state index in [-0.39, 0.29) is 5.91 Å². The zero-order valence-corrected chi connectivity index (χ0v) is 11.6. The van der Waals surface area contributed by atoms with Gasteiger partial charge < -0.3 is 10.6 Å². The molecule has 1 amide bonds. The van der Waals surface area contributed by atoms with Crippen molar-refractivity contribution in [1.82, 2.24) is 10.3 Å². The fraction of sp³-hybridized carbons (Fsp3) is 0.200. The average molecular weight is 288 g/mol. The minimum atomic E-state index is -0.183. The summed E-state index contributed by atoms with van der Waals surface area (Å²) in [4.78, 5) is 16.0.